The van der Waals surface area contributed by atoms with E-state index in [1.165, 1.54) is 0 Å². The molecule has 0 aliphatic heterocycles. The number of benzene rings is 2. The summed E-state index contributed by atoms with van der Waals surface area (Å²) in [5, 5.41) is 2.86. The van der Waals surface area contributed by atoms with E-state index in [-0.39, 0.29) is 5.91 Å². The van der Waals surface area contributed by atoms with E-state index in [4.69, 9.17) is 10.5 Å². The second-order valence-corrected chi connectivity index (χ2v) is 5.85. The first-order valence-electron chi connectivity index (χ1n) is 8.12. The van der Waals surface area contributed by atoms with E-state index in [1.807, 2.05) is 43.3 Å². The standard InChI is InChI=1S/C19H25N3O2/c1-4-5-12-24-16-9-6-14(7-10-16)19(23)21-15-8-11-18(22(2)3)17(20)13-15/h6-11,13H,4-5,12,20H2,1-3H3,(H,21,23). The highest BCUT2D eigenvalue weighted by molar-refractivity contribution is 6.04. The summed E-state index contributed by atoms with van der Waals surface area (Å²) in [6, 6.07) is 12.6. The fourth-order valence-corrected chi connectivity index (χ4v) is 2.28. The van der Waals surface area contributed by atoms with Gasteiger partial charge in [-0.3, -0.25) is 4.79 Å². The maximum atomic E-state index is 12.3. The molecule has 2 aromatic carbocycles. The summed E-state index contributed by atoms with van der Waals surface area (Å²) in [5.41, 5.74) is 8.80. The Bertz CT molecular complexity index is 682. The van der Waals surface area contributed by atoms with Gasteiger partial charge >= 0.3 is 0 Å². The van der Waals surface area contributed by atoms with Crippen molar-refractivity contribution >= 4 is 23.0 Å². The third-order valence-electron chi connectivity index (χ3n) is 3.65. The van der Waals surface area contributed by atoms with Crippen LogP contribution in [0.2, 0.25) is 0 Å². The molecule has 2 aromatic rings. The molecule has 0 bridgehead atoms. The highest BCUT2D eigenvalue weighted by atomic mass is 16.5. The number of anilines is 3. The molecule has 24 heavy (non-hydrogen) atoms. The van der Waals surface area contributed by atoms with Crippen LogP contribution in [0.4, 0.5) is 17.1 Å². The lowest BCUT2D eigenvalue weighted by atomic mass is 10.2. The van der Waals surface area contributed by atoms with Gasteiger partial charge < -0.3 is 20.7 Å². The minimum Gasteiger partial charge on any atom is -0.494 e. The Labute approximate surface area is 143 Å². The highest BCUT2D eigenvalue weighted by Gasteiger charge is 2.08. The number of carbonyl (C=O) groups excluding carboxylic acids is 1. The van der Waals surface area contributed by atoms with Crippen molar-refractivity contribution in [3.8, 4) is 5.75 Å². The number of hydrogen-bond donors (Lipinski definition) is 2. The number of ether oxygens (including phenoxy) is 1. The Morgan fingerprint density at radius 1 is 1.17 bits per heavy atom. The van der Waals surface area contributed by atoms with Crippen molar-refractivity contribution in [2.24, 2.45) is 0 Å². The molecule has 0 aliphatic carbocycles. The summed E-state index contributed by atoms with van der Waals surface area (Å²) in [6.45, 7) is 2.81. The van der Waals surface area contributed by atoms with Gasteiger partial charge in [-0.25, -0.2) is 0 Å². The van der Waals surface area contributed by atoms with Crippen LogP contribution in [0, 0.1) is 0 Å². The molecule has 5 heteroatoms. The molecule has 0 aromatic heterocycles. The number of hydrogen-bond acceptors (Lipinski definition) is 4. The first kappa shape index (κ1) is 17.7. The van der Waals surface area contributed by atoms with Crippen molar-refractivity contribution < 1.29 is 9.53 Å². The maximum Gasteiger partial charge on any atom is 0.255 e. The zero-order valence-electron chi connectivity index (χ0n) is 14.5. The monoisotopic (exact) mass is 327 g/mol. The predicted molar refractivity (Wildman–Crippen MR) is 100.0 cm³/mol. The molecule has 0 fully saturated rings. The molecule has 1 amide bonds. The zero-order valence-corrected chi connectivity index (χ0v) is 14.5. The third kappa shape index (κ3) is 4.65. The summed E-state index contributed by atoms with van der Waals surface area (Å²) in [7, 11) is 3.85. The average Bonchev–Trinajstić information content (AvgIpc) is 2.55. The minimum absolute atomic E-state index is 0.174. The Balaban J connectivity index is 2.00. The molecule has 0 atom stereocenters. The SMILES string of the molecule is CCCCOc1ccc(C(=O)Nc2ccc(N(C)C)c(N)c2)cc1. The Morgan fingerprint density at radius 3 is 2.46 bits per heavy atom. The molecule has 3 N–H and O–H groups in total. The lowest BCUT2D eigenvalue weighted by molar-refractivity contribution is 0.102. The molecule has 0 spiro atoms. The largest absolute Gasteiger partial charge is 0.494 e. The molecule has 0 radical (unpaired) electrons. The number of nitrogens with one attached hydrogen (secondary N) is 1. The van der Waals surface area contributed by atoms with Gasteiger partial charge in [0.15, 0.2) is 0 Å². The number of unbranched alkanes of at least 4 members (excludes halogenated alkanes) is 1. The number of nitrogen functional groups attached to an aromatic ring is 1. The van der Waals surface area contributed by atoms with Gasteiger partial charge in [0.2, 0.25) is 0 Å². The summed E-state index contributed by atoms with van der Waals surface area (Å²) in [5.74, 6) is 0.603. The fourth-order valence-electron chi connectivity index (χ4n) is 2.28. The summed E-state index contributed by atoms with van der Waals surface area (Å²) >= 11 is 0. The Morgan fingerprint density at radius 2 is 1.88 bits per heavy atom. The zero-order chi connectivity index (χ0) is 17.5. The maximum absolute atomic E-state index is 12.3. The summed E-state index contributed by atoms with van der Waals surface area (Å²) < 4.78 is 5.60. The molecular formula is C19H25N3O2. The van der Waals surface area contributed by atoms with Crippen LogP contribution in [0.15, 0.2) is 42.5 Å². The number of nitrogens with zero attached hydrogens (tertiary/aromatic N) is 1. The summed E-state index contributed by atoms with van der Waals surface area (Å²) in [6.07, 6.45) is 2.11. The van der Waals surface area contributed by atoms with Gasteiger partial charge in [-0.15, -0.1) is 0 Å². The highest BCUT2D eigenvalue weighted by Crippen LogP contribution is 2.25. The quantitative estimate of drug-likeness (QED) is 0.600. The van der Waals surface area contributed by atoms with Gasteiger partial charge in [0.1, 0.15) is 5.75 Å². The fraction of sp³-hybridized carbons (Fsp3) is 0.316. The molecule has 0 heterocycles. The van der Waals surface area contributed by atoms with Crippen LogP contribution >= 0.6 is 0 Å². The van der Waals surface area contributed by atoms with E-state index in [0.29, 0.717) is 23.5 Å². The van der Waals surface area contributed by atoms with Crippen LogP contribution in [0.25, 0.3) is 0 Å². The normalized spacial score (nSPS) is 10.3. The lowest BCUT2D eigenvalue weighted by Gasteiger charge is -2.16. The van der Waals surface area contributed by atoms with Gasteiger partial charge in [-0.05, 0) is 48.9 Å². The molecular weight excluding hydrogens is 302 g/mol. The van der Waals surface area contributed by atoms with Crippen LogP contribution in [0.3, 0.4) is 0 Å². The van der Waals surface area contributed by atoms with Gasteiger partial charge in [-0.1, -0.05) is 13.3 Å². The number of carbonyl (C=O) groups is 1. The Hall–Kier alpha value is -2.69. The van der Waals surface area contributed by atoms with Crippen molar-refractivity contribution in [1.29, 1.82) is 0 Å². The van der Waals surface area contributed by atoms with E-state index < -0.39 is 0 Å². The molecule has 2 rings (SSSR count). The van der Waals surface area contributed by atoms with Gasteiger partial charge in [-0.2, -0.15) is 0 Å². The van der Waals surface area contributed by atoms with E-state index in [1.54, 1.807) is 18.2 Å². The Kier molecular flexibility index (Phi) is 6.07. The molecule has 0 saturated heterocycles. The molecule has 128 valence electrons. The second-order valence-electron chi connectivity index (χ2n) is 5.85. The topological polar surface area (TPSA) is 67.6 Å². The average molecular weight is 327 g/mol. The van der Waals surface area contributed by atoms with Crippen molar-refractivity contribution in [2.75, 3.05) is 36.7 Å². The van der Waals surface area contributed by atoms with Crippen molar-refractivity contribution in [2.45, 2.75) is 19.8 Å². The summed E-state index contributed by atoms with van der Waals surface area (Å²) in [4.78, 5) is 14.2. The van der Waals surface area contributed by atoms with Crippen molar-refractivity contribution in [3.05, 3.63) is 48.0 Å². The predicted octanol–water partition coefficient (Wildman–Crippen LogP) is 3.77. The van der Waals surface area contributed by atoms with Crippen LogP contribution in [-0.4, -0.2) is 26.6 Å². The van der Waals surface area contributed by atoms with Gasteiger partial charge in [0.25, 0.3) is 5.91 Å². The van der Waals surface area contributed by atoms with E-state index in [0.717, 1.165) is 24.3 Å². The number of amides is 1. The smallest absolute Gasteiger partial charge is 0.255 e. The molecule has 0 saturated carbocycles. The van der Waals surface area contributed by atoms with Crippen LogP contribution in [0.1, 0.15) is 30.1 Å². The van der Waals surface area contributed by atoms with Crippen LogP contribution in [-0.2, 0) is 0 Å². The molecule has 0 aliphatic rings. The van der Waals surface area contributed by atoms with E-state index in [2.05, 4.69) is 12.2 Å². The number of rotatable bonds is 7. The van der Waals surface area contributed by atoms with Crippen LogP contribution in [0.5, 0.6) is 5.75 Å². The second kappa shape index (κ2) is 8.24. The van der Waals surface area contributed by atoms with E-state index >= 15 is 0 Å². The minimum atomic E-state index is -0.174. The molecule has 5 nitrogen and oxygen atoms in total. The van der Waals surface area contributed by atoms with Crippen LogP contribution < -0.4 is 20.7 Å². The van der Waals surface area contributed by atoms with Gasteiger partial charge in [0, 0.05) is 25.3 Å². The van der Waals surface area contributed by atoms with Crippen molar-refractivity contribution in [3.63, 3.8) is 0 Å². The molecule has 0 unspecified atom stereocenters. The van der Waals surface area contributed by atoms with Gasteiger partial charge in [0.05, 0.1) is 18.0 Å². The lowest BCUT2D eigenvalue weighted by Crippen LogP contribution is -2.14. The first-order valence-corrected chi connectivity index (χ1v) is 8.12. The van der Waals surface area contributed by atoms with Crippen molar-refractivity contribution in [1.82, 2.24) is 0 Å². The number of nitrogens with two attached hydrogens (primary N) is 1. The first-order chi connectivity index (χ1) is 11.5. The van der Waals surface area contributed by atoms with E-state index in [9.17, 15) is 4.79 Å². The third-order valence-corrected chi connectivity index (χ3v) is 3.65.